The van der Waals surface area contributed by atoms with Crippen molar-refractivity contribution < 1.29 is 5.11 Å². The van der Waals surface area contributed by atoms with Crippen molar-refractivity contribution in [1.82, 2.24) is 0 Å². The topological polar surface area (TPSA) is 20.2 Å². The van der Waals surface area contributed by atoms with Crippen LogP contribution in [0.2, 0.25) is 0 Å². The lowest BCUT2D eigenvalue weighted by atomic mass is 9.86. The standard InChI is InChI=1S/C16H25BrO/c1-16(2,3)9-5-7-14(12-18)10-13-6-4-8-15(17)11-13/h4,6,8,11,14,18H,5,7,9-10,12H2,1-3H3. The molecule has 1 aromatic rings. The molecule has 1 rings (SSSR count). The molecule has 0 bridgehead atoms. The average molecular weight is 313 g/mol. The fourth-order valence-corrected chi connectivity index (χ4v) is 2.62. The molecule has 2 heteroatoms. The van der Waals surface area contributed by atoms with Gasteiger partial charge in [-0.25, -0.2) is 0 Å². The molecule has 0 spiro atoms. The average Bonchev–Trinajstić information content (AvgIpc) is 2.26. The summed E-state index contributed by atoms with van der Waals surface area (Å²) in [5, 5.41) is 9.47. The molecule has 0 aromatic heterocycles. The van der Waals surface area contributed by atoms with E-state index < -0.39 is 0 Å². The Kier molecular flexibility index (Phi) is 6.37. The molecule has 0 saturated heterocycles. The molecule has 102 valence electrons. The first-order valence-electron chi connectivity index (χ1n) is 6.76. The normalized spacial score (nSPS) is 13.6. The van der Waals surface area contributed by atoms with E-state index in [1.165, 1.54) is 18.4 Å². The Morgan fingerprint density at radius 2 is 2.00 bits per heavy atom. The fraction of sp³-hybridized carbons (Fsp3) is 0.625. The smallest absolute Gasteiger partial charge is 0.0462 e. The Morgan fingerprint density at radius 3 is 2.56 bits per heavy atom. The minimum Gasteiger partial charge on any atom is -0.396 e. The Balaban J connectivity index is 2.42. The van der Waals surface area contributed by atoms with Crippen molar-refractivity contribution in [2.24, 2.45) is 11.3 Å². The fourth-order valence-electron chi connectivity index (χ4n) is 2.18. The quantitative estimate of drug-likeness (QED) is 0.798. The SMILES string of the molecule is CC(C)(C)CCCC(CO)Cc1cccc(Br)c1. The third kappa shape index (κ3) is 6.55. The zero-order valence-corrected chi connectivity index (χ0v) is 13.3. The van der Waals surface area contributed by atoms with Gasteiger partial charge in [-0.3, -0.25) is 0 Å². The molecule has 1 nitrogen and oxygen atoms in total. The molecule has 0 fully saturated rings. The minimum absolute atomic E-state index is 0.288. The summed E-state index contributed by atoms with van der Waals surface area (Å²) < 4.78 is 1.12. The van der Waals surface area contributed by atoms with Crippen LogP contribution in [0.1, 0.15) is 45.6 Å². The van der Waals surface area contributed by atoms with E-state index in [0.717, 1.165) is 17.3 Å². The lowest BCUT2D eigenvalue weighted by Gasteiger charge is -2.20. The van der Waals surface area contributed by atoms with Gasteiger partial charge in [0.2, 0.25) is 0 Å². The summed E-state index contributed by atoms with van der Waals surface area (Å²) in [6, 6.07) is 8.38. The number of halogens is 1. The van der Waals surface area contributed by atoms with E-state index in [4.69, 9.17) is 0 Å². The third-order valence-corrected chi connectivity index (χ3v) is 3.70. The summed E-state index contributed by atoms with van der Waals surface area (Å²) in [6.45, 7) is 7.11. The highest BCUT2D eigenvalue weighted by Crippen LogP contribution is 2.24. The zero-order chi connectivity index (χ0) is 13.6. The van der Waals surface area contributed by atoms with E-state index in [1.807, 2.05) is 6.07 Å². The molecule has 1 N–H and O–H groups in total. The van der Waals surface area contributed by atoms with Gasteiger partial charge in [0.05, 0.1) is 0 Å². The van der Waals surface area contributed by atoms with Gasteiger partial charge in [-0.1, -0.05) is 55.3 Å². The van der Waals surface area contributed by atoms with Gasteiger partial charge < -0.3 is 5.11 Å². The number of aliphatic hydroxyl groups excluding tert-OH is 1. The van der Waals surface area contributed by atoms with Gasteiger partial charge in [-0.15, -0.1) is 0 Å². The van der Waals surface area contributed by atoms with E-state index in [9.17, 15) is 5.11 Å². The number of benzene rings is 1. The molecule has 0 radical (unpaired) electrons. The van der Waals surface area contributed by atoms with E-state index in [-0.39, 0.29) is 6.61 Å². The van der Waals surface area contributed by atoms with Crippen LogP contribution in [0.3, 0.4) is 0 Å². The summed E-state index contributed by atoms with van der Waals surface area (Å²) in [6.07, 6.45) is 4.51. The van der Waals surface area contributed by atoms with Crippen LogP contribution >= 0.6 is 15.9 Å². The van der Waals surface area contributed by atoms with Crippen LogP contribution in [0.25, 0.3) is 0 Å². The van der Waals surface area contributed by atoms with Crippen LogP contribution in [0.5, 0.6) is 0 Å². The molecule has 1 atom stereocenters. The largest absolute Gasteiger partial charge is 0.396 e. The predicted molar refractivity (Wildman–Crippen MR) is 81.7 cm³/mol. The van der Waals surface area contributed by atoms with Crippen LogP contribution in [-0.2, 0) is 6.42 Å². The van der Waals surface area contributed by atoms with Gasteiger partial charge in [-0.05, 0) is 48.3 Å². The molecule has 1 aromatic carbocycles. The summed E-state index contributed by atoms with van der Waals surface area (Å²) in [4.78, 5) is 0. The molecule has 0 amide bonds. The predicted octanol–water partition coefficient (Wildman–Crippen LogP) is 4.82. The van der Waals surface area contributed by atoms with E-state index >= 15 is 0 Å². The Bertz CT molecular complexity index is 354. The van der Waals surface area contributed by atoms with Gasteiger partial charge in [-0.2, -0.15) is 0 Å². The molecule has 0 heterocycles. The second kappa shape index (κ2) is 7.30. The van der Waals surface area contributed by atoms with Crippen LogP contribution < -0.4 is 0 Å². The Hall–Kier alpha value is -0.340. The molecular weight excluding hydrogens is 288 g/mol. The highest BCUT2D eigenvalue weighted by molar-refractivity contribution is 9.10. The van der Waals surface area contributed by atoms with E-state index in [0.29, 0.717) is 11.3 Å². The van der Waals surface area contributed by atoms with E-state index in [2.05, 4.69) is 54.9 Å². The number of hydrogen-bond acceptors (Lipinski definition) is 1. The third-order valence-electron chi connectivity index (χ3n) is 3.21. The zero-order valence-electron chi connectivity index (χ0n) is 11.7. The lowest BCUT2D eigenvalue weighted by Crippen LogP contribution is -2.12. The first-order chi connectivity index (χ1) is 8.40. The van der Waals surface area contributed by atoms with Crippen molar-refractivity contribution in [3.8, 4) is 0 Å². The highest BCUT2D eigenvalue weighted by atomic mass is 79.9. The van der Waals surface area contributed by atoms with Gasteiger partial charge in [0.25, 0.3) is 0 Å². The molecule has 0 aliphatic rings. The van der Waals surface area contributed by atoms with Crippen molar-refractivity contribution in [3.05, 3.63) is 34.3 Å². The number of rotatable bonds is 6. The maximum Gasteiger partial charge on any atom is 0.0462 e. The first-order valence-corrected chi connectivity index (χ1v) is 7.55. The van der Waals surface area contributed by atoms with Crippen molar-refractivity contribution in [2.75, 3.05) is 6.61 Å². The number of aliphatic hydroxyl groups is 1. The Morgan fingerprint density at radius 1 is 1.28 bits per heavy atom. The van der Waals surface area contributed by atoms with E-state index in [1.54, 1.807) is 0 Å². The van der Waals surface area contributed by atoms with Crippen LogP contribution in [-0.4, -0.2) is 11.7 Å². The van der Waals surface area contributed by atoms with Gasteiger partial charge in [0, 0.05) is 11.1 Å². The van der Waals surface area contributed by atoms with Crippen LogP contribution in [0, 0.1) is 11.3 Å². The highest BCUT2D eigenvalue weighted by Gasteiger charge is 2.13. The molecule has 0 saturated carbocycles. The van der Waals surface area contributed by atoms with Crippen molar-refractivity contribution in [2.45, 2.75) is 46.5 Å². The minimum atomic E-state index is 0.288. The Labute approximate surface area is 120 Å². The van der Waals surface area contributed by atoms with Crippen LogP contribution in [0.4, 0.5) is 0 Å². The second-order valence-corrected chi connectivity index (χ2v) is 7.25. The number of hydrogen-bond donors (Lipinski definition) is 1. The first kappa shape index (κ1) is 15.7. The maximum atomic E-state index is 9.47. The second-order valence-electron chi connectivity index (χ2n) is 6.34. The van der Waals surface area contributed by atoms with Gasteiger partial charge in [0.15, 0.2) is 0 Å². The van der Waals surface area contributed by atoms with Crippen molar-refractivity contribution in [3.63, 3.8) is 0 Å². The van der Waals surface area contributed by atoms with Crippen molar-refractivity contribution >= 4 is 15.9 Å². The molecule has 18 heavy (non-hydrogen) atoms. The maximum absolute atomic E-state index is 9.47. The summed E-state index contributed by atoms with van der Waals surface area (Å²) in [7, 11) is 0. The lowest BCUT2D eigenvalue weighted by molar-refractivity contribution is 0.209. The molecule has 1 unspecified atom stereocenters. The summed E-state index contributed by atoms with van der Waals surface area (Å²) in [5.74, 6) is 0.390. The monoisotopic (exact) mass is 312 g/mol. The molecule has 0 aliphatic heterocycles. The summed E-state index contributed by atoms with van der Waals surface area (Å²) >= 11 is 3.49. The van der Waals surface area contributed by atoms with Gasteiger partial charge in [0.1, 0.15) is 0 Å². The van der Waals surface area contributed by atoms with Crippen molar-refractivity contribution in [1.29, 1.82) is 0 Å². The molecule has 0 aliphatic carbocycles. The van der Waals surface area contributed by atoms with Crippen LogP contribution in [0.15, 0.2) is 28.7 Å². The van der Waals surface area contributed by atoms with Gasteiger partial charge >= 0.3 is 0 Å². The molecular formula is C16H25BrO. The summed E-state index contributed by atoms with van der Waals surface area (Å²) in [5.41, 5.74) is 1.70.